The molecule has 3 aromatic rings. The number of carbonyl (C=O) groups is 2. The number of amides is 1. The maximum absolute atomic E-state index is 12.2. The number of anilines is 1. The number of nitrogens with zero attached hydrogens (tertiary/aromatic N) is 2. The third kappa shape index (κ3) is 4.37. The van der Waals surface area contributed by atoms with E-state index in [9.17, 15) is 19.8 Å². The summed E-state index contributed by atoms with van der Waals surface area (Å²) in [6, 6.07) is 6.96. The maximum atomic E-state index is 12.2. The van der Waals surface area contributed by atoms with Gasteiger partial charge in [0.25, 0.3) is 0 Å². The Morgan fingerprint density at radius 3 is 2.50 bits per heavy atom. The van der Waals surface area contributed by atoms with E-state index in [4.69, 9.17) is 23.2 Å². The molecule has 3 N–H and O–H groups in total. The number of carboxylic acids is 1. The number of aliphatic carboxylic acids is 1. The highest BCUT2D eigenvalue weighted by molar-refractivity contribution is 6.36. The monoisotopic (exact) mass is 449 g/mol. The van der Waals surface area contributed by atoms with Gasteiger partial charge in [-0.25, -0.2) is 9.78 Å². The Balaban J connectivity index is 2.34. The Hall–Kier alpha value is -2.77. The lowest BCUT2D eigenvalue weighted by atomic mass is 10.0. The quantitative estimate of drug-likeness (QED) is 0.470. The molecule has 0 fully saturated rings. The van der Waals surface area contributed by atoms with E-state index < -0.39 is 12.0 Å². The smallest absolute Gasteiger partial charge is 0.326 e. The second kappa shape index (κ2) is 8.53. The molecule has 0 aliphatic carbocycles. The predicted octanol–water partition coefficient (Wildman–Crippen LogP) is 5.35. The summed E-state index contributed by atoms with van der Waals surface area (Å²) in [7, 11) is 0. The zero-order valence-electron chi connectivity index (χ0n) is 16.6. The van der Waals surface area contributed by atoms with Crippen LogP contribution in [0.3, 0.4) is 0 Å². The van der Waals surface area contributed by atoms with E-state index in [0.717, 1.165) is 0 Å². The lowest BCUT2D eigenvalue weighted by Crippen LogP contribution is -2.21. The van der Waals surface area contributed by atoms with Gasteiger partial charge >= 0.3 is 5.97 Å². The van der Waals surface area contributed by atoms with Gasteiger partial charge < -0.3 is 20.1 Å². The van der Waals surface area contributed by atoms with Crippen LogP contribution in [-0.2, 0) is 9.59 Å². The number of halogens is 2. The van der Waals surface area contributed by atoms with Crippen molar-refractivity contribution in [2.75, 3.05) is 5.32 Å². The van der Waals surface area contributed by atoms with Gasteiger partial charge in [-0.1, -0.05) is 37.0 Å². The molecular formula is C21H21Cl2N3O4. The van der Waals surface area contributed by atoms with Crippen LogP contribution in [0.2, 0.25) is 10.0 Å². The van der Waals surface area contributed by atoms with Crippen LogP contribution in [-0.4, -0.2) is 31.6 Å². The average Bonchev–Trinajstić information content (AvgIpc) is 2.99. The average molecular weight is 450 g/mol. The molecule has 30 heavy (non-hydrogen) atoms. The molecule has 0 radical (unpaired) electrons. The number of carbonyl (C=O) groups excluding carboxylic acids is 1. The van der Waals surface area contributed by atoms with E-state index in [1.165, 1.54) is 19.1 Å². The van der Waals surface area contributed by atoms with Gasteiger partial charge in [-0.05, 0) is 42.7 Å². The summed E-state index contributed by atoms with van der Waals surface area (Å²) < 4.78 is 1.57. The number of phenols is 1. The molecule has 1 amide bonds. The minimum atomic E-state index is -1.03. The van der Waals surface area contributed by atoms with E-state index in [1.54, 1.807) is 22.8 Å². The standard InChI is InChI=1S/C21H21Cl2N3O4/c1-10(2)6-18(21(29)30)26-17-5-4-13(24-11(3)27)9-16(17)25-20(26)14-7-12(22)8-15(23)19(14)28/h4-5,7-10,18,28H,6H2,1-3H3,(H,24,27)(H,29,30). The van der Waals surface area contributed by atoms with Crippen molar-refractivity contribution in [1.29, 1.82) is 0 Å². The summed E-state index contributed by atoms with van der Waals surface area (Å²) in [5, 5.41) is 23.5. The zero-order valence-corrected chi connectivity index (χ0v) is 18.1. The van der Waals surface area contributed by atoms with Crippen LogP contribution in [0.5, 0.6) is 5.75 Å². The molecule has 3 rings (SSSR count). The van der Waals surface area contributed by atoms with Crippen LogP contribution in [0, 0.1) is 5.92 Å². The van der Waals surface area contributed by atoms with Crippen molar-refractivity contribution < 1.29 is 19.8 Å². The first kappa shape index (κ1) is 21.9. The summed E-state index contributed by atoms with van der Waals surface area (Å²) >= 11 is 12.2. The van der Waals surface area contributed by atoms with Gasteiger partial charge in [0.2, 0.25) is 5.91 Å². The largest absolute Gasteiger partial charge is 0.506 e. The van der Waals surface area contributed by atoms with Crippen LogP contribution < -0.4 is 5.32 Å². The van der Waals surface area contributed by atoms with Gasteiger partial charge in [0.15, 0.2) is 0 Å². The number of nitrogens with one attached hydrogen (secondary N) is 1. The molecule has 1 atom stereocenters. The number of aromatic nitrogens is 2. The Bertz CT molecular complexity index is 1140. The SMILES string of the molecule is CC(=O)Nc1ccc2c(c1)nc(-c1cc(Cl)cc(Cl)c1O)n2C(CC(C)C)C(=O)O. The van der Waals surface area contributed by atoms with E-state index in [1.807, 2.05) is 13.8 Å². The van der Waals surface area contributed by atoms with Gasteiger partial charge in [-0.2, -0.15) is 0 Å². The molecular weight excluding hydrogens is 429 g/mol. The van der Waals surface area contributed by atoms with Gasteiger partial charge in [0, 0.05) is 17.6 Å². The summed E-state index contributed by atoms with van der Waals surface area (Å²) in [6.07, 6.45) is 0.344. The minimum absolute atomic E-state index is 0.0331. The lowest BCUT2D eigenvalue weighted by molar-refractivity contribution is -0.141. The first-order chi connectivity index (χ1) is 14.1. The third-order valence-corrected chi connectivity index (χ3v) is 5.08. The molecule has 0 saturated heterocycles. The molecule has 158 valence electrons. The van der Waals surface area contributed by atoms with Crippen molar-refractivity contribution in [2.45, 2.75) is 33.2 Å². The van der Waals surface area contributed by atoms with Crippen molar-refractivity contribution in [3.8, 4) is 17.1 Å². The van der Waals surface area contributed by atoms with Gasteiger partial charge in [0.1, 0.15) is 17.6 Å². The van der Waals surface area contributed by atoms with Crippen LogP contribution in [0.1, 0.15) is 33.2 Å². The molecule has 0 saturated carbocycles. The summed E-state index contributed by atoms with van der Waals surface area (Å²) in [5.41, 5.74) is 1.75. The number of hydrogen-bond acceptors (Lipinski definition) is 4. The molecule has 0 aliphatic rings. The number of phenolic OH excluding ortho intramolecular Hbond substituents is 1. The summed E-state index contributed by atoms with van der Waals surface area (Å²) in [4.78, 5) is 28.2. The summed E-state index contributed by atoms with van der Waals surface area (Å²) in [6.45, 7) is 5.25. The maximum Gasteiger partial charge on any atom is 0.326 e. The second-order valence-electron chi connectivity index (χ2n) is 7.46. The number of fused-ring (bicyclic) bond motifs is 1. The fourth-order valence-electron chi connectivity index (χ4n) is 3.38. The van der Waals surface area contributed by atoms with Gasteiger partial charge in [0.05, 0.1) is 21.6 Å². The fourth-order valence-corrected chi connectivity index (χ4v) is 3.88. The first-order valence-electron chi connectivity index (χ1n) is 9.29. The van der Waals surface area contributed by atoms with Crippen LogP contribution in [0.4, 0.5) is 5.69 Å². The van der Waals surface area contributed by atoms with Crippen molar-refractivity contribution in [2.24, 2.45) is 5.92 Å². The Kier molecular flexibility index (Phi) is 6.24. The fraction of sp³-hybridized carbons (Fsp3) is 0.286. The highest BCUT2D eigenvalue weighted by atomic mass is 35.5. The molecule has 2 aromatic carbocycles. The first-order valence-corrected chi connectivity index (χ1v) is 10.0. The van der Waals surface area contributed by atoms with E-state index in [0.29, 0.717) is 23.1 Å². The Morgan fingerprint density at radius 1 is 1.20 bits per heavy atom. The number of aromatic hydroxyl groups is 1. The Morgan fingerprint density at radius 2 is 1.90 bits per heavy atom. The highest BCUT2D eigenvalue weighted by Gasteiger charge is 2.28. The number of hydrogen-bond donors (Lipinski definition) is 3. The molecule has 1 heterocycles. The molecule has 7 nitrogen and oxygen atoms in total. The van der Waals surface area contributed by atoms with Gasteiger partial charge in [-0.15, -0.1) is 0 Å². The highest BCUT2D eigenvalue weighted by Crippen LogP contribution is 2.41. The number of imidazole rings is 1. The van der Waals surface area contributed by atoms with Gasteiger partial charge in [-0.3, -0.25) is 4.79 Å². The lowest BCUT2D eigenvalue weighted by Gasteiger charge is -2.20. The number of benzene rings is 2. The van der Waals surface area contributed by atoms with E-state index in [-0.39, 0.29) is 39.0 Å². The molecule has 9 heteroatoms. The number of rotatable bonds is 6. The van der Waals surface area contributed by atoms with Crippen LogP contribution >= 0.6 is 23.2 Å². The Labute approximate surface area is 183 Å². The van der Waals surface area contributed by atoms with Crippen molar-refractivity contribution >= 4 is 51.8 Å². The van der Waals surface area contributed by atoms with E-state index >= 15 is 0 Å². The molecule has 0 aliphatic heterocycles. The van der Waals surface area contributed by atoms with Crippen LogP contribution in [0.15, 0.2) is 30.3 Å². The van der Waals surface area contributed by atoms with Crippen molar-refractivity contribution in [1.82, 2.24) is 9.55 Å². The third-order valence-electron chi connectivity index (χ3n) is 4.57. The molecule has 1 aromatic heterocycles. The second-order valence-corrected chi connectivity index (χ2v) is 8.30. The zero-order chi connectivity index (χ0) is 22.2. The van der Waals surface area contributed by atoms with E-state index in [2.05, 4.69) is 10.3 Å². The topological polar surface area (TPSA) is 104 Å². The number of carboxylic acid groups (broad SMARTS) is 1. The molecule has 0 spiro atoms. The van der Waals surface area contributed by atoms with Crippen molar-refractivity contribution in [3.63, 3.8) is 0 Å². The molecule has 0 bridgehead atoms. The summed E-state index contributed by atoms with van der Waals surface area (Å²) in [5.74, 6) is -1.20. The normalized spacial score (nSPS) is 12.3. The molecule has 1 unspecified atom stereocenters. The minimum Gasteiger partial charge on any atom is -0.506 e. The van der Waals surface area contributed by atoms with Crippen molar-refractivity contribution in [3.05, 3.63) is 40.4 Å². The van der Waals surface area contributed by atoms with Crippen LogP contribution in [0.25, 0.3) is 22.4 Å². The predicted molar refractivity (Wildman–Crippen MR) is 117 cm³/mol.